The van der Waals surface area contributed by atoms with Crippen LogP contribution in [0.25, 0.3) is 0 Å². The number of hydrogen-bond acceptors (Lipinski definition) is 7. The Labute approximate surface area is 246 Å². The fourth-order valence-corrected chi connectivity index (χ4v) is 8.13. The summed E-state index contributed by atoms with van der Waals surface area (Å²) in [6, 6.07) is 18.9. The molecule has 0 spiro atoms. The Balaban J connectivity index is 1.43. The van der Waals surface area contributed by atoms with Crippen LogP contribution in [0.15, 0.2) is 82.6 Å². The van der Waals surface area contributed by atoms with Crippen LogP contribution < -0.4 is 19.8 Å². The number of amides is 3. The van der Waals surface area contributed by atoms with E-state index in [1.807, 2.05) is 0 Å². The highest BCUT2D eigenvalue weighted by molar-refractivity contribution is 8.00. The Morgan fingerprint density at radius 1 is 1.00 bits per heavy atom. The lowest BCUT2D eigenvalue weighted by Gasteiger charge is -2.31. The number of hydrogen-bond donors (Lipinski definition) is 1. The van der Waals surface area contributed by atoms with Crippen molar-refractivity contribution >= 4 is 63.8 Å². The molecule has 2 aliphatic heterocycles. The number of halogens is 2. The first-order valence-corrected chi connectivity index (χ1v) is 14.6. The number of aromatic nitrogens is 1. The van der Waals surface area contributed by atoms with E-state index in [0.717, 1.165) is 28.0 Å². The lowest BCUT2D eigenvalue weighted by atomic mass is 9.82. The molecule has 208 valence electrons. The molecule has 1 fully saturated rings. The first kappa shape index (κ1) is 27.3. The normalized spacial score (nSPS) is 19.6. The van der Waals surface area contributed by atoms with Gasteiger partial charge in [0, 0.05) is 27.1 Å². The smallest absolute Gasteiger partial charge is 0.308 e. The molecular formula is C29H21ClFN3O5S2. The van der Waals surface area contributed by atoms with Crippen molar-refractivity contribution in [1.82, 2.24) is 4.57 Å². The van der Waals surface area contributed by atoms with Crippen molar-refractivity contribution in [2.75, 3.05) is 17.3 Å². The zero-order chi connectivity index (χ0) is 28.8. The van der Waals surface area contributed by atoms with Crippen molar-refractivity contribution in [2.45, 2.75) is 22.7 Å². The van der Waals surface area contributed by atoms with Crippen LogP contribution in [-0.2, 0) is 20.9 Å². The molecule has 3 amide bonds. The van der Waals surface area contributed by atoms with Gasteiger partial charge < -0.3 is 10.1 Å². The third-order valence-electron chi connectivity index (χ3n) is 7.04. The minimum atomic E-state index is -0.880. The molecule has 0 radical (unpaired) electrons. The van der Waals surface area contributed by atoms with E-state index in [1.165, 1.54) is 35.9 Å². The first-order chi connectivity index (χ1) is 19.8. The van der Waals surface area contributed by atoms with Crippen LogP contribution in [0, 0.1) is 11.7 Å². The summed E-state index contributed by atoms with van der Waals surface area (Å²) in [6.07, 6.45) is 0. The Bertz CT molecular complexity index is 1740. The summed E-state index contributed by atoms with van der Waals surface area (Å²) in [5, 5.41) is 2.84. The van der Waals surface area contributed by atoms with E-state index < -0.39 is 40.6 Å². The molecule has 4 aromatic rings. The predicted octanol–water partition coefficient (Wildman–Crippen LogP) is 5.15. The molecular weight excluding hydrogens is 589 g/mol. The predicted molar refractivity (Wildman–Crippen MR) is 156 cm³/mol. The summed E-state index contributed by atoms with van der Waals surface area (Å²) in [7, 11) is 1.51. The molecule has 41 heavy (non-hydrogen) atoms. The molecule has 8 nitrogen and oxygen atoms in total. The van der Waals surface area contributed by atoms with Crippen molar-refractivity contribution < 1.29 is 23.5 Å². The number of benzene rings is 3. The fourth-order valence-electron chi connectivity index (χ4n) is 5.24. The van der Waals surface area contributed by atoms with Gasteiger partial charge in [-0.25, -0.2) is 9.29 Å². The molecule has 0 aliphatic carbocycles. The van der Waals surface area contributed by atoms with Gasteiger partial charge in [-0.3, -0.25) is 23.7 Å². The quantitative estimate of drug-likeness (QED) is 0.304. The van der Waals surface area contributed by atoms with Crippen molar-refractivity contribution in [2.24, 2.45) is 5.92 Å². The van der Waals surface area contributed by atoms with E-state index in [-0.39, 0.29) is 17.1 Å². The topological polar surface area (TPSA) is 97.7 Å². The molecule has 0 saturated carbocycles. The SMILES string of the molecule is COc1ccccc1C1c2sc(=O)n(CC(=O)Nc3ccc(Cl)cc3)c2SC2C(=O)N(c3ccc(F)cc3)C(=O)C21. The van der Waals surface area contributed by atoms with Crippen LogP contribution in [0.5, 0.6) is 5.75 Å². The number of fused-ring (bicyclic) bond motifs is 2. The van der Waals surface area contributed by atoms with Gasteiger partial charge in [-0.2, -0.15) is 0 Å². The van der Waals surface area contributed by atoms with Gasteiger partial charge in [-0.05, 0) is 54.6 Å². The van der Waals surface area contributed by atoms with Gasteiger partial charge in [0.15, 0.2) is 0 Å². The summed E-state index contributed by atoms with van der Waals surface area (Å²) in [5.74, 6) is -2.89. The average molecular weight is 610 g/mol. The summed E-state index contributed by atoms with van der Waals surface area (Å²) >= 11 is 7.97. The third kappa shape index (κ3) is 4.83. The highest BCUT2D eigenvalue weighted by atomic mass is 35.5. The van der Waals surface area contributed by atoms with Crippen LogP contribution >= 0.6 is 34.7 Å². The number of carbonyl (C=O) groups is 3. The number of thiazole rings is 1. The highest BCUT2D eigenvalue weighted by Crippen LogP contribution is 2.55. The maximum atomic E-state index is 13.9. The summed E-state index contributed by atoms with van der Waals surface area (Å²) in [4.78, 5) is 55.2. The second-order valence-corrected chi connectivity index (χ2v) is 12.0. The van der Waals surface area contributed by atoms with E-state index in [2.05, 4.69) is 5.32 Å². The fraction of sp³-hybridized carbons (Fsp3) is 0.172. The van der Waals surface area contributed by atoms with Crippen LogP contribution in [0.3, 0.4) is 0 Å². The Hall–Kier alpha value is -3.93. The summed E-state index contributed by atoms with van der Waals surface area (Å²) in [5.41, 5.74) is 1.42. The minimum absolute atomic E-state index is 0.262. The monoisotopic (exact) mass is 609 g/mol. The van der Waals surface area contributed by atoms with Crippen molar-refractivity contribution in [3.8, 4) is 5.75 Å². The number of thioether (sulfide) groups is 1. The van der Waals surface area contributed by atoms with E-state index in [9.17, 15) is 23.6 Å². The van der Waals surface area contributed by atoms with Gasteiger partial charge in [0.1, 0.15) is 23.4 Å². The van der Waals surface area contributed by atoms with Gasteiger partial charge in [-0.1, -0.05) is 52.9 Å². The molecule has 3 unspecified atom stereocenters. The minimum Gasteiger partial charge on any atom is -0.496 e. The number of anilines is 2. The second kappa shape index (κ2) is 10.8. The molecule has 1 saturated heterocycles. The summed E-state index contributed by atoms with van der Waals surface area (Å²) < 4.78 is 20.6. The number of rotatable bonds is 6. The molecule has 6 rings (SSSR count). The molecule has 1 aromatic heterocycles. The lowest BCUT2D eigenvalue weighted by molar-refractivity contribution is -0.122. The van der Waals surface area contributed by atoms with Crippen molar-refractivity contribution in [3.05, 3.63) is 104 Å². The number of nitrogens with zero attached hydrogens (tertiary/aromatic N) is 2. The molecule has 3 aromatic carbocycles. The third-order valence-corrected chi connectivity index (χ3v) is 9.89. The van der Waals surface area contributed by atoms with Crippen LogP contribution in [0.2, 0.25) is 5.02 Å². The molecule has 3 heterocycles. The number of ether oxygens (including phenoxy) is 1. The molecule has 12 heteroatoms. The van der Waals surface area contributed by atoms with Gasteiger partial charge in [-0.15, -0.1) is 0 Å². The summed E-state index contributed by atoms with van der Waals surface area (Å²) in [6.45, 7) is -0.292. The molecule has 3 atom stereocenters. The Kier molecular flexibility index (Phi) is 7.18. The van der Waals surface area contributed by atoms with Gasteiger partial charge in [0.2, 0.25) is 17.7 Å². The average Bonchev–Trinajstić information content (AvgIpc) is 3.41. The van der Waals surface area contributed by atoms with E-state index in [1.54, 1.807) is 48.5 Å². The maximum Gasteiger partial charge on any atom is 0.308 e. The largest absolute Gasteiger partial charge is 0.496 e. The molecule has 0 bridgehead atoms. The second-order valence-electron chi connectivity index (χ2n) is 9.45. The zero-order valence-electron chi connectivity index (χ0n) is 21.4. The lowest BCUT2D eigenvalue weighted by Crippen LogP contribution is -2.33. The van der Waals surface area contributed by atoms with Gasteiger partial charge >= 0.3 is 4.87 Å². The first-order valence-electron chi connectivity index (χ1n) is 12.5. The van der Waals surface area contributed by atoms with Crippen molar-refractivity contribution in [3.63, 3.8) is 0 Å². The standard InChI is InChI=1S/C29H21ClFN3O5S2/c1-39-20-5-3-2-4-19(20)22-23-24(27(37)34(26(23)36)18-12-8-16(31)9-13-18)40-28-25(22)41-29(38)33(28)14-21(35)32-17-10-6-15(30)7-11-17/h2-13,22-24H,14H2,1H3,(H,32,35). The van der Waals surface area contributed by atoms with Gasteiger partial charge in [0.25, 0.3) is 0 Å². The molecule has 2 aliphatic rings. The number of para-hydroxylation sites is 1. The maximum absolute atomic E-state index is 13.9. The number of carbonyl (C=O) groups excluding carboxylic acids is 3. The van der Waals surface area contributed by atoms with Crippen LogP contribution in [0.4, 0.5) is 15.8 Å². The van der Waals surface area contributed by atoms with Crippen molar-refractivity contribution in [1.29, 1.82) is 0 Å². The Morgan fingerprint density at radius 2 is 1.71 bits per heavy atom. The zero-order valence-corrected chi connectivity index (χ0v) is 23.8. The van der Waals surface area contributed by atoms with E-state index >= 15 is 0 Å². The number of imide groups is 1. The molecule has 1 N–H and O–H groups in total. The van der Waals surface area contributed by atoms with Crippen LogP contribution in [-0.4, -0.2) is 34.6 Å². The number of nitrogens with one attached hydrogen (secondary N) is 1. The van der Waals surface area contributed by atoms with Crippen LogP contribution in [0.1, 0.15) is 16.4 Å². The Morgan fingerprint density at radius 3 is 2.41 bits per heavy atom. The van der Waals surface area contributed by atoms with E-state index in [0.29, 0.717) is 31.9 Å². The van der Waals surface area contributed by atoms with Gasteiger partial charge in [0.05, 0.1) is 23.7 Å². The number of methoxy groups -OCH3 is 1. The highest BCUT2D eigenvalue weighted by Gasteiger charge is 2.57. The van der Waals surface area contributed by atoms with E-state index in [4.69, 9.17) is 16.3 Å².